The molecule has 0 aromatic heterocycles. The topological polar surface area (TPSA) is 61.8 Å². The van der Waals surface area contributed by atoms with Gasteiger partial charge in [0.1, 0.15) is 0 Å². The molecule has 0 unspecified atom stereocenters. The van der Waals surface area contributed by atoms with Gasteiger partial charge in [0.15, 0.2) is 11.5 Å². The molecule has 2 aromatic carbocycles. The van der Waals surface area contributed by atoms with Gasteiger partial charge in [0.25, 0.3) is 0 Å². The molecule has 0 radical (unpaired) electrons. The summed E-state index contributed by atoms with van der Waals surface area (Å²) in [6.07, 6.45) is 2.88. The first-order chi connectivity index (χ1) is 12.4. The molecule has 2 rings (SSSR count). The quantitative estimate of drug-likeness (QED) is 0.414. The number of hydrogen-bond donors (Lipinski definition) is 0. The Kier molecular flexibility index (Phi) is 7.06. The molecule has 0 saturated carbocycles. The van der Waals surface area contributed by atoms with Gasteiger partial charge in [0.2, 0.25) is 0 Å². The van der Waals surface area contributed by atoms with Crippen molar-refractivity contribution in [2.24, 2.45) is 0 Å². The summed E-state index contributed by atoms with van der Waals surface area (Å²) in [5.74, 6) is -0.312. The van der Waals surface area contributed by atoms with Crippen molar-refractivity contribution < 1.29 is 23.8 Å². The van der Waals surface area contributed by atoms with Crippen molar-refractivity contribution in [3.63, 3.8) is 0 Å². The highest BCUT2D eigenvalue weighted by atomic mass is 35.5. The van der Waals surface area contributed by atoms with Crippen LogP contribution in [0.3, 0.4) is 0 Å². The average Bonchev–Trinajstić information content (AvgIpc) is 2.63. The summed E-state index contributed by atoms with van der Waals surface area (Å²) in [6, 6.07) is 9.85. The summed E-state index contributed by atoms with van der Waals surface area (Å²) in [5, 5.41) is 0.789. The van der Waals surface area contributed by atoms with Crippen molar-refractivity contribution in [2.75, 3.05) is 14.2 Å². The number of carbonyl (C=O) groups excluding carboxylic acids is 2. The van der Waals surface area contributed by atoms with E-state index in [-0.39, 0.29) is 12.2 Å². The molecule has 0 fully saturated rings. The van der Waals surface area contributed by atoms with Crippen LogP contribution in [0.1, 0.15) is 11.1 Å². The second kappa shape index (κ2) is 9.27. The van der Waals surface area contributed by atoms with Gasteiger partial charge in [-0.3, -0.25) is 4.79 Å². The molecular weight excluding hydrogens is 379 g/mol. The van der Waals surface area contributed by atoms with E-state index in [4.69, 9.17) is 32.7 Å². The Hall–Kier alpha value is -2.50. The van der Waals surface area contributed by atoms with E-state index in [1.165, 1.54) is 20.3 Å². The van der Waals surface area contributed by atoms with Gasteiger partial charge in [0.05, 0.1) is 30.7 Å². The third kappa shape index (κ3) is 5.51. The smallest absolute Gasteiger partial charge is 0.330 e. The van der Waals surface area contributed by atoms with Crippen molar-refractivity contribution in [2.45, 2.75) is 6.42 Å². The van der Waals surface area contributed by atoms with Crippen LogP contribution < -0.4 is 9.47 Å². The minimum absolute atomic E-state index is 0.0318. The fraction of sp³-hybridized carbons (Fsp3) is 0.158. The molecule has 5 nitrogen and oxygen atoms in total. The molecule has 0 spiro atoms. The van der Waals surface area contributed by atoms with Crippen LogP contribution in [-0.4, -0.2) is 26.2 Å². The first kappa shape index (κ1) is 19.8. The molecule has 0 aliphatic rings. The summed E-state index contributed by atoms with van der Waals surface area (Å²) in [7, 11) is 2.75. The minimum Gasteiger partial charge on any atom is -0.493 e. The zero-order valence-corrected chi connectivity index (χ0v) is 15.6. The maximum Gasteiger partial charge on any atom is 0.330 e. The lowest BCUT2D eigenvalue weighted by molar-refractivity contribution is -0.135. The molecule has 0 N–H and O–H groups in total. The molecule has 0 aliphatic heterocycles. The zero-order chi connectivity index (χ0) is 19.1. The summed E-state index contributed by atoms with van der Waals surface area (Å²) < 4.78 is 15.1. The number of carbonyl (C=O) groups is 2. The van der Waals surface area contributed by atoms with Crippen molar-refractivity contribution in [1.82, 2.24) is 0 Å². The minimum atomic E-state index is -0.473. The van der Waals surface area contributed by atoms with Gasteiger partial charge >= 0.3 is 11.9 Å². The van der Waals surface area contributed by atoms with Crippen LogP contribution in [0.4, 0.5) is 0 Å². The second-order valence-corrected chi connectivity index (χ2v) is 5.98. The van der Waals surface area contributed by atoms with E-state index in [2.05, 4.69) is 4.74 Å². The van der Waals surface area contributed by atoms with E-state index in [0.29, 0.717) is 26.9 Å². The van der Waals surface area contributed by atoms with E-state index < -0.39 is 11.9 Å². The predicted molar refractivity (Wildman–Crippen MR) is 99.8 cm³/mol. The number of methoxy groups -OCH3 is 2. The standard InChI is InChI=1S/C19H16Cl2O5/c1-24-17-10-12(5-8-18(22)25-2)4-7-16(17)26-19(23)11-13-3-6-14(20)15(21)9-13/h3-10H,11H2,1-2H3/b8-5+. The van der Waals surface area contributed by atoms with E-state index in [1.807, 2.05) is 0 Å². The van der Waals surface area contributed by atoms with E-state index >= 15 is 0 Å². The van der Waals surface area contributed by atoms with E-state index in [1.54, 1.807) is 42.5 Å². The monoisotopic (exact) mass is 394 g/mol. The fourth-order valence-electron chi connectivity index (χ4n) is 2.08. The maximum atomic E-state index is 12.2. The second-order valence-electron chi connectivity index (χ2n) is 5.17. The van der Waals surface area contributed by atoms with Crippen LogP contribution in [0.25, 0.3) is 6.08 Å². The highest BCUT2D eigenvalue weighted by molar-refractivity contribution is 6.42. The number of benzene rings is 2. The van der Waals surface area contributed by atoms with E-state index in [9.17, 15) is 9.59 Å². The Balaban J connectivity index is 2.10. The van der Waals surface area contributed by atoms with Crippen LogP contribution in [-0.2, 0) is 20.7 Å². The molecule has 2 aromatic rings. The van der Waals surface area contributed by atoms with Crippen LogP contribution in [0.15, 0.2) is 42.5 Å². The first-order valence-electron chi connectivity index (χ1n) is 7.51. The highest BCUT2D eigenvalue weighted by Crippen LogP contribution is 2.29. The van der Waals surface area contributed by atoms with Gasteiger partial charge in [-0.05, 0) is 41.5 Å². The molecule has 7 heteroatoms. The van der Waals surface area contributed by atoms with Crippen LogP contribution in [0.5, 0.6) is 11.5 Å². The number of esters is 2. The Labute approximate surface area is 161 Å². The molecule has 0 atom stereocenters. The molecule has 26 heavy (non-hydrogen) atoms. The zero-order valence-electron chi connectivity index (χ0n) is 14.1. The van der Waals surface area contributed by atoms with Gasteiger partial charge < -0.3 is 14.2 Å². The Morgan fingerprint density at radius 3 is 2.42 bits per heavy atom. The van der Waals surface area contributed by atoms with Gasteiger partial charge in [-0.25, -0.2) is 4.79 Å². The molecule has 0 saturated heterocycles. The number of halogens is 2. The average molecular weight is 395 g/mol. The number of hydrogen-bond acceptors (Lipinski definition) is 5. The van der Waals surface area contributed by atoms with E-state index in [0.717, 1.165) is 0 Å². The van der Waals surface area contributed by atoms with Crippen LogP contribution in [0.2, 0.25) is 10.0 Å². The van der Waals surface area contributed by atoms with Crippen molar-refractivity contribution in [3.8, 4) is 11.5 Å². The van der Waals surface area contributed by atoms with Crippen molar-refractivity contribution in [1.29, 1.82) is 0 Å². The maximum absolute atomic E-state index is 12.2. The first-order valence-corrected chi connectivity index (χ1v) is 8.27. The number of ether oxygens (including phenoxy) is 3. The lowest BCUT2D eigenvalue weighted by Crippen LogP contribution is -2.12. The molecule has 0 heterocycles. The van der Waals surface area contributed by atoms with Gasteiger partial charge in [0, 0.05) is 6.08 Å². The largest absolute Gasteiger partial charge is 0.493 e. The van der Waals surface area contributed by atoms with Gasteiger partial charge in [-0.15, -0.1) is 0 Å². The summed E-state index contributed by atoms with van der Waals surface area (Å²) in [4.78, 5) is 23.3. The molecule has 0 amide bonds. The highest BCUT2D eigenvalue weighted by Gasteiger charge is 2.12. The summed E-state index contributed by atoms with van der Waals surface area (Å²) >= 11 is 11.8. The fourth-order valence-corrected chi connectivity index (χ4v) is 2.40. The Bertz CT molecular complexity index is 846. The molecular formula is C19H16Cl2O5. The van der Waals surface area contributed by atoms with Crippen molar-refractivity contribution in [3.05, 3.63) is 63.6 Å². The van der Waals surface area contributed by atoms with Gasteiger partial charge in [-0.2, -0.15) is 0 Å². The van der Waals surface area contributed by atoms with Gasteiger partial charge in [-0.1, -0.05) is 35.3 Å². The Morgan fingerprint density at radius 1 is 1.00 bits per heavy atom. The third-order valence-corrected chi connectivity index (χ3v) is 4.10. The molecule has 136 valence electrons. The van der Waals surface area contributed by atoms with Crippen molar-refractivity contribution >= 4 is 41.2 Å². The summed E-state index contributed by atoms with van der Waals surface area (Å²) in [6.45, 7) is 0. The van der Waals surface area contributed by atoms with Crippen LogP contribution >= 0.6 is 23.2 Å². The van der Waals surface area contributed by atoms with Crippen LogP contribution in [0, 0.1) is 0 Å². The molecule has 0 aliphatic carbocycles. The lowest BCUT2D eigenvalue weighted by Gasteiger charge is -2.10. The third-order valence-electron chi connectivity index (χ3n) is 3.36. The Morgan fingerprint density at radius 2 is 1.77 bits per heavy atom. The lowest BCUT2D eigenvalue weighted by atomic mass is 10.1. The molecule has 0 bridgehead atoms. The predicted octanol–water partition coefficient (Wildman–Crippen LogP) is 4.34. The summed E-state index contributed by atoms with van der Waals surface area (Å²) in [5.41, 5.74) is 1.37. The SMILES string of the molecule is COC(=O)/C=C/c1ccc(OC(=O)Cc2ccc(Cl)c(Cl)c2)c(OC)c1. The normalized spacial score (nSPS) is 10.6. The number of rotatable bonds is 6.